The quantitative estimate of drug-likeness (QED) is 0.650. The van der Waals surface area contributed by atoms with Crippen LogP contribution in [0.4, 0.5) is 0 Å². The lowest BCUT2D eigenvalue weighted by atomic mass is 9.78. The van der Waals surface area contributed by atoms with Crippen LogP contribution in [0.5, 0.6) is 0 Å². The number of carbonyl (C=O) groups excluding carboxylic acids is 1. The zero-order chi connectivity index (χ0) is 18.1. The van der Waals surface area contributed by atoms with E-state index in [0.717, 1.165) is 21.1 Å². The fourth-order valence-electron chi connectivity index (χ4n) is 2.33. The Balaban J connectivity index is 2.33. The highest BCUT2D eigenvalue weighted by molar-refractivity contribution is 9.10. The molecule has 0 bridgehead atoms. The first-order valence-electron chi connectivity index (χ1n) is 7.97. The second kappa shape index (κ2) is 7.36. The first kappa shape index (κ1) is 19.8. The third-order valence-electron chi connectivity index (χ3n) is 4.53. The maximum atomic E-state index is 11.4. The van der Waals surface area contributed by atoms with Crippen molar-refractivity contribution in [2.75, 3.05) is 5.75 Å². The average Bonchev–Trinajstić information content (AvgIpc) is 2.67. The Morgan fingerprint density at radius 2 is 1.83 bits per heavy atom. The minimum atomic E-state index is -0.439. The Kier molecular flexibility index (Phi) is 6.06. The molecule has 1 saturated heterocycles. The number of aryl methyl sites for hydroxylation is 1. The molecular weight excluding hydrogens is 387 g/mol. The van der Waals surface area contributed by atoms with Gasteiger partial charge in [0.15, 0.2) is 5.12 Å². The second-order valence-electron chi connectivity index (χ2n) is 7.10. The van der Waals surface area contributed by atoms with Crippen LogP contribution in [-0.2, 0) is 14.1 Å². The predicted octanol–water partition coefficient (Wildman–Crippen LogP) is 5.05. The molecular formula is C18H24BBrO3S. The number of halogens is 1. The summed E-state index contributed by atoms with van der Waals surface area (Å²) in [6.45, 7) is 11.8. The van der Waals surface area contributed by atoms with Crippen molar-refractivity contribution in [1.82, 2.24) is 0 Å². The van der Waals surface area contributed by atoms with E-state index in [1.54, 1.807) is 6.92 Å². The Morgan fingerprint density at radius 3 is 2.33 bits per heavy atom. The predicted molar refractivity (Wildman–Crippen MR) is 106 cm³/mol. The van der Waals surface area contributed by atoms with Gasteiger partial charge in [0.05, 0.1) is 11.2 Å². The molecule has 2 rings (SSSR count). The number of benzene rings is 1. The summed E-state index contributed by atoms with van der Waals surface area (Å²) in [4.78, 5) is 11.4. The minimum absolute atomic E-state index is 0.0874. The number of hydrogen-bond acceptors (Lipinski definition) is 4. The van der Waals surface area contributed by atoms with Crippen molar-refractivity contribution in [3.05, 3.63) is 39.3 Å². The van der Waals surface area contributed by atoms with Gasteiger partial charge in [-0.3, -0.25) is 4.79 Å². The summed E-state index contributed by atoms with van der Waals surface area (Å²) in [6.07, 6.45) is 2.07. The molecule has 1 aromatic rings. The van der Waals surface area contributed by atoms with Crippen LogP contribution in [0.15, 0.2) is 28.1 Å². The van der Waals surface area contributed by atoms with E-state index in [1.807, 2.05) is 39.8 Å². The molecule has 0 saturated carbocycles. The van der Waals surface area contributed by atoms with Crippen LogP contribution < -0.4 is 0 Å². The summed E-state index contributed by atoms with van der Waals surface area (Å²) < 4.78 is 13.4. The Morgan fingerprint density at radius 1 is 1.25 bits per heavy atom. The van der Waals surface area contributed by atoms with Gasteiger partial charge in [-0.15, -0.1) is 0 Å². The van der Waals surface area contributed by atoms with Crippen LogP contribution in [0.2, 0.25) is 0 Å². The van der Waals surface area contributed by atoms with Crippen LogP contribution in [0.25, 0.3) is 6.08 Å². The molecule has 1 aromatic carbocycles. The van der Waals surface area contributed by atoms with Crippen molar-refractivity contribution in [3.63, 3.8) is 0 Å². The van der Waals surface area contributed by atoms with Gasteiger partial charge in [0.1, 0.15) is 0 Å². The highest BCUT2D eigenvalue weighted by Gasteiger charge is 2.52. The molecule has 130 valence electrons. The fourth-order valence-corrected chi connectivity index (χ4v) is 3.16. The molecule has 0 N–H and O–H groups in total. The van der Waals surface area contributed by atoms with E-state index >= 15 is 0 Å². The van der Waals surface area contributed by atoms with Crippen LogP contribution in [0.3, 0.4) is 0 Å². The summed E-state index contributed by atoms with van der Waals surface area (Å²) in [6, 6.07) is 6.18. The molecule has 3 nitrogen and oxygen atoms in total. The van der Waals surface area contributed by atoms with Crippen LogP contribution >= 0.6 is 27.7 Å². The molecule has 0 aliphatic carbocycles. The zero-order valence-corrected chi connectivity index (χ0v) is 17.5. The molecule has 6 heteroatoms. The number of thioether (sulfide) groups is 1. The highest BCUT2D eigenvalue weighted by Crippen LogP contribution is 2.39. The van der Waals surface area contributed by atoms with Gasteiger partial charge < -0.3 is 9.31 Å². The monoisotopic (exact) mass is 410 g/mol. The standard InChI is InChI=1S/C18H24BBrO3S/c1-12-9-14(7-8-16(12)20)10-15(11-24-13(2)21)19-22-17(3,4)18(5,6)23-19/h7-10H,11H2,1-6H3. The van der Waals surface area contributed by atoms with Crippen molar-refractivity contribution in [2.45, 2.75) is 52.7 Å². The van der Waals surface area contributed by atoms with Gasteiger partial charge in [0.25, 0.3) is 0 Å². The summed E-state index contributed by atoms with van der Waals surface area (Å²) in [7, 11) is -0.439. The fraction of sp³-hybridized carbons (Fsp3) is 0.500. The molecule has 0 radical (unpaired) electrons. The van der Waals surface area contributed by atoms with E-state index in [2.05, 4.69) is 35.0 Å². The van der Waals surface area contributed by atoms with E-state index < -0.39 is 18.3 Å². The Hall–Kier alpha value is -0.555. The van der Waals surface area contributed by atoms with Crippen molar-refractivity contribution >= 4 is 46.0 Å². The second-order valence-corrected chi connectivity index (χ2v) is 9.10. The molecule has 1 heterocycles. The number of hydrogen-bond donors (Lipinski definition) is 0. The topological polar surface area (TPSA) is 35.5 Å². The van der Waals surface area contributed by atoms with Gasteiger partial charge in [-0.2, -0.15) is 0 Å². The van der Waals surface area contributed by atoms with Gasteiger partial charge in [-0.05, 0) is 57.3 Å². The van der Waals surface area contributed by atoms with Gasteiger partial charge in [0, 0.05) is 17.1 Å². The molecule has 0 unspecified atom stereocenters. The molecule has 0 atom stereocenters. The number of carbonyl (C=O) groups is 1. The minimum Gasteiger partial charge on any atom is -0.400 e. The molecule has 1 fully saturated rings. The molecule has 24 heavy (non-hydrogen) atoms. The van der Waals surface area contributed by atoms with Gasteiger partial charge >= 0.3 is 7.12 Å². The lowest BCUT2D eigenvalue weighted by molar-refractivity contribution is -0.109. The van der Waals surface area contributed by atoms with Gasteiger partial charge in [0.2, 0.25) is 0 Å². The zero-order valence-electron chi connectivity index (χ0n) is 15.1. The smallest absolute Gasteiger partial charge is 0.400 e. The Labute approximate surface area is 157 Å². The van der Waals surface area contributed by atoms with E-state index in [9.17, 15) is 4.79 Å². The van der Waals surface area contributed by atoms with E-state index in [-0.39, 0.29) is 5.12 Å². The van der Waals surface area contributed by atoms with Crippen LogP contribution in [-0.4, -0.2) is 29.2 Å². The Bertz CT molecular complexity index is 654. The maximum absolute atomic E-state index is 11.4. The highest BCUT2D eigenvalue weighted by atomic mass is 79.9. The van der Waals surface area contributed by atoms with E-state index in [1.165, 1.54) is 11.8 Å². The lowest BCUT2D eigenvalue weighted by Gasteiger charge is -2.32. The third kappa shape index (κ3) is 4.54. The van der Waals surface area contributed by atoms with E-state index in [0.29, 0.717) is 5.75 Å². The maximum Gasteiger partial charge on any atom is 0.491 e. The van der Waals surface area contributed by atoms with Gasteiger partial charge in [-0.25, -0.2) is 0 Å². The molecule has 0 aromatic heterocycles. The van der Waals surface area contributed by atoms with E-state index in [4.69, 9.17) is 9.31 Å². The summed E-state index contributed by atoms with van der Waals surface area (Å²) >= 11 is 4.80. The van der Waals surface area contributed by atoms with Crippen molar-refractivity contribution in [2.24, 2.45) is 0 Å². The van der Waals surface area contributed by atoms with Crippen LogP contribution in [0, 0.1) is 6.92 Å². The molecule has 0 spiro atoms. The molecule has 0 amide bonds. The summed E-state index contributed by atoms with van der Waals surface area (Å²) in [5.74, 6) is 0.557. The van der Waals surface area contributed by atoms with Gasteiger partial charge in [-0.1, -0.05) is 45.9 Å². The third-order valence-corrected chi connectivity index (χ3v) is 6.31. The number of rotatable bonds is 4. The normalized spacial score (nSPS) is 19.6. The molecule has 1 aliphatic rings. The van der Waals surface area contributed by atoms with Crippen molar-refractivity contribution in [1.29, 1.82) is 0 Å². The van der Waals surface area contributed by atoms with Crippen molar-refractivity contribution < 1.29 is 14.1 Å². The largest absolute Gasteiger partial charge is 0.491 e. The first-order valence-corrected chi connectivity index (χ1v) is 9.75. The van der Waals surface area contributed by atoms with Crippen LogP contribution in [0.1, 0.15) is 45.7 Å². The molecule has 1 aliphatic heterocycles. The van der Waals surface area contributed by atoms with Crippen molar-refractivity contribution in [3.8, 4) is 0 Å². The first-order chi connectivity index (χ1) is 11.0. The summed E-state index contributed by atoms with van der Waals surface area (Å²) in [5.41, 5.74) is 2.41. The lowest BCUT2D eigenvalue weighted by Crippen LogP contribution is -2.41. The SMILES string of the molecule is CC(=O)SCC(=Cc1ccc(Br)c(C)c1)B1OC(C)(C)C(C)(C)O1. The average molecular weight is 411 g/mol. The summed E-state index contributed by atoms with van der Waals surface area (Å²) in [5, 5.41) is 0.0874.